The van der Waals surface area contributed by atoms with Crippen LogP contribution in [0.15, 0.2) is 29.2 Å². The van der Waals surface area contributed by atoms with Crippen molar-refractivity contribution in [2.24, 2.45) is 0 Å². The highest BCUT2D eigenvalue weighted by Crippen LogP contribution is 2.09. The van der Waals surface area contributed by atoms with E-state index in [0.29, 0.717) is 12.2 Å². The van der Waals surface area contributed by atoms with E-state index in [1.165, 1.54) is 12.1 Å². The molecule has 0 aromatic heterocycles. The van der Waals surface area contributed by atoms with Gasteiger partial charge in [0, 0.05) is 12.1 Å². The lowest BCUT2D eigenvalue weighted by atomic mass is 10.2. The third-order valence-electron chi connectivity index (χ3n) is 2.32. The third-order valence-corrected chi connectivity index (χ3v) is 3.80. The molecule has 110 valence electrons. The van der Waals surface area contributed by atoms with E-state index in [0.717, 1.165) is 0 Å². The zero-order valence-electron chi connectivity index (χ0n) is 11.6. The molecule has 20 heavy (non-hydrogen) atoms. The molecule has 5 nitrogen and oxygen atoms in total. The molecule has 0 saturated carbocycles. The first kappa shape index (κ1) is 16.7. The first-order chi connectivity index (χ1) is 9.45. The largest absolute Gasteiger partial charge is 0.384 e. The van der Waals surface area contributed by atoms with Crippen molar-refractivity contribution >= 4 is 10.0 Å². The minimum Gasteiger partial charge on any atom is -0.384 e. The van der Waals surface area contributed by atoms with Crippen molar-refractivity contribution in [1.82, 2.24) is 4.72 Å². The lowest BCUT2D eigenvalue weighted by Crippen LogP contribution is -2.28. The van der Waals surface area contributed by atoms with E-state index in [1.54, 1.807) is 12.1 Å². The van der Waals surface area contributed by atoms with Gasteiger partial charge in [-0.3, -0.25) is 0 Å². The van der Waals surface area contributed by atoms with Gasteiger partial charge in [-0.2, -0.15) is 0 Å². The van der Waals surface area contributed by atoms with E-state index in [4.69, 9.17) is 9.84 Å². The molecule has 0 amide bonds. The Morgan fingerprint density at radius 3 is 2.50 bits per heavy atom. The zero-order chi connectivity index (χ0) is 15.0. The van der Waals surface area contributed by atoms with Crippen LogP contribution in [0.5, 0.6) is 0 Å². The number of hydrogen-bond donors (Lipinski definition) is 2. The summed E-state index contributed by atoms with van der Waals surface area (Å²) in [5, 5.41) is 8.58. The van der Waals surface area contributed by atoms with Crippen molar-refractivity contribution in [3.63, 3.8) is 0 Å². The summed E-state index contributed by atoms with van der Waals surface area (Å²) < 4.78 is 31.7. The highest BCUT2D eigenvalue weighted by Gasteiger charge is 2.12. The average Bonchev–Trinajstić information content (AvgIpc) is 2.42. The molecule has 0 spiro atoms. The smallest absolute Gasteiger partial charge is 0.240 e. The molecule has 1 aromatic carbocycles. The van der Waals surface area contributed by atoms with E-state index in [2.05, 4.69) is 16.6 Å². The molecule has 0 aliphatic carbocycles. The number of rotatable bonds is 6. The van der Waals surface area contributed by atoms with E-state index >= 15 is 0 Å². The summed E-state index contributed by atoms with van der Waals surface area (Å²) in [5.74, 6) is 5.20. The topological polar surface area (TPSA) is 75.6 Å². The SMILES string of the molecule is CC(C)OCCNS(=O)(=O)c1ccc(C#CCO)cc1. The highest BCUT2D eigenvalue weighted by atomic mass is 32.2. The molecule has 0 bridgehead atoms. The normalized spacial score (nSPS) is 11.2. The Hall–Kier alpha value is -1.39. The number of sulfonamides is 1. The van der Waals surface area contributed by atoms with Crippen molar-refractivity contribution in [2.45, 2.75) is 24.8 Å². The molecule has 0 fully saturated rings. The van der Waals surface area contributed by atoms with Crippen molar-refractivity contribution in [1.29, 1.82) is 0 Å². The van der Waals surface area contributed by atoms with E-state index < -0.39 is 10.0 Å². The van der Waals surface area contributed by atoms with Gasteiger partial charge in [0.2, 0.25) is 10.0 Å². The fraction of sp³-hybridized carbons (Fsp3) is 0.429. The Balaban J connectivity index is 2.63. The van der Waals surface area contributed by atoms with Crippen LogP contribution in [0, 0.1) is 11.8 Å². The second-order valence-corrected chi connectivity index (χ2v) is 6.07. The van der Waals surface area contributed by atoms with Gasteiger partial charge < -0.3 is 9.84 Å². The van der Waals surface area contributed by atoms with Gasteiger partial charge in [0.05, 0.1) is 17.6 Å². The van der Waals surface area contributed by atoms with Gasteiger partial charge in [0.15, 0.2) is 0 Å². The van der Waals surface area contributed by atoms with Crippen LogP contribution in [-0.2, 0) is 14.8 Å². The number of aliphatic hydroxyl groups is 1. The first-order valence-corrected chi connectivity index (χ1v) is 7.75. The number of hydrogen-bond acceptors (Lipinski definition) is 4. The Labute approximate surface area is 120 Å². The fourth-order valence-corrected chi connectivity index (χ4v) is 2.43. The van der Waals surface area contributed by atoms with Gasteiger partial charge in [-0.25, -0.2) is 13.1 Å². The van der Waals surface area contributed by atoms with Crippen LogP contribution in [0.25, 0.3) is 0 Å². The van der Waals surface area contributed by atoms with E-state index in [-0.39, 0.29) is 24.2 Å². The minimum atomic E-state index is -3.52. The van der Waals surface area contributed by atoms with Gasteiger partial charge in [0.1, 0.15) is 6.61 Å². The van der Waals surface area contributed by atoms with Crippen LogP contribution in [0.1, 0.15) is 19.4 Å². The molecule has 0 aliphatic heterocycles. The molecule has 1 aromatic rings. The summed E-state index contributed by atoms with van der Waals surface area (Å²) in [6, 6.07) is 6.16. The minimum absolute atomic E-state index is 0.0730. The van der Waals surface area contributed by atoms with Gasteiger partial charge in [-0.1, -0.05) is 11.8 Å². The summed E-state index contributed by atoms with van der Waals surface area (Å²) in [7, 11) is -3.52. The van der Waals surface area contributed by atoms with Crippen LogP contribution in [0.4, 0.5) is 0 Å². The molecule has 0 saturated heterocycles. The Kier molecular flexibility index (Phi) is 6.68. The molecule has 2 N–H and O–H groups in total. The summed E-state index contributed by atoms with van der Waals surface area (Å²) in [5.41, 5.74) is 0.654. The highest BCUT2D eigenvalue weighted by molar-refractivity contribution is 7.89. The lowest BCUT2D eigenvalue weighted by molar-refractivity contribution is 0.0834. The summed E-state index contributed by atoms with van der Waals surface area (Å²) in [6.07, 6.45) is 0.0730. The van der Waals surface area contributed by atoms with Crippen molar-refractivity contribution in [2.75, 3.05) is 19.8 Å². The standard InChI is InChI=1S/C14H19NO4S/c1-12(2)19-11-9-15-20(17,18)14-7-5-13(6-8-14)4-3-10-16/h5-8,12,15-16H,9-11H2,1-2H3. The maximum atomic E-state index is 12.0. The van der Waals surface area contributed by atoms with Crippen LogP contribution in [0.3, 0.4) is 0 Å². The van der Waals surface area contributed by atoms with Gasteiger partial charge >= 0.3 is 0 Å². The average molecular weight is 297 g/mol. The zero-order valence-corrected chi connectivity index (χ0v) is 12.4. The molecular formula is C14H19NO4S. The molecule has 0 radical (unpaired) electrons. The fourth-order valence-electron chi connectivity index (χ4n) is 1.41. The Morgan fingerprint density at radius 2 is 1.95 bits per heavy atom. The van der Waals surface area contributed by atoms with Crippen LogP contribution in [0.2, 0.25) is 0 Å². The maximum Gasteiger partial charge on any atom is 0.240 e. The molecular weight excluding hydrogens is 278 g/mol. The Morgan fingerprint density at radius 1 is 1.30 bits per heavy atom. The second kappa shape index (κ2) is 8.02. The monoisotopic (exact) mass is 297 g/mol. The predicted molar refractivity (Wildman–Crippen MR) is 76.7 cm³/mol. The Bertz CT molecular complexity index is 567. The first-order valence-electron chi connectivity index (χ1n) is 6.27. The molecule has 0 aliphatic rings. The van der Waals surface area contributed by atoms with Gasteiger partial charge in [0.25, 0.3) is 0 Å². The van der Waals surface area contributed by atoms with Gasteiger partial charge in [-0.15, -0.1) is 0 Å². The van der Waals surface area contributed by atoms with Gasteiger partial charge in [-0.05, 0) is 38.1 Å². The van der Waals surface area contributed by atoms with Crippen molar-refractivity contribution < 1.29 is 18.3 Å². The lowest BCUT2D eigenvalue weighted by Gasteiger charge is -2.09. The maximum absolute atomic E-state index is 12.0. The number of aliphatic hydroxyl groups excluding tert-OH is 1. The molecule has 0 atom stereocenters. The summed E-state index contributed by atoms with van der Waals surface area (Å²) in [4.78, 5) is 0.177. The molecule has 0 unspecified atom stereocenters. The predicted octanol–water partition coefficient (Wildman–Crippen LogP) is 0.734. The summed E-state index contributed by atoms with van der Waals surface area (Å²) in [6.45, 7) is 4.11. The summed E-state index contributed by atoms with van der Waals surface area (Å²) >= 11 is 0. The molecule has 0 heterocycles. The van der Waals surface area contributed by atoms with Crippen LogP contribution < -0.4 is 4.72 Å². The van der Waals surface area contributed by atoms with Crippen molar-refractivity contribution in [3.05, 3.63) is 29.8 Å². The quantitative estimate of drug-likeness (QED) is 0.600. The van der Waals surface area contributed by atoms with Crippen molar-refractivity contribution in [3.8, 4) is 11.8 Å². The van der Waals surface area contributed by atoms with Crippen LogP contribution in [-0.4, -0.2) is 39.4 Å². The second-order valence-electron chi connectivity index (χ2n) is 4.30. The number of ether oxygens (including phenoxy) is 1. The van der Waals surface area contributed by atoms with Crippen LogP contribution >= 0.6 is 0 Å². The third kappa shape index (κ3) is 5.72. The number of nitrogens with one attached hydrogen (secondary N) is 1. The molecule has 6 heteroatoms. The molecule has 1 rings (SSSR count). The van der Waals surface area contributed by atoms with E-state index in [1.807, 2.05) is 13.8 Å². The van der Waals surface area contributed by atoms with E-state index in [9.17, 15) is 8.42 Å². The number of benzene rings is 1.